The number of phenols is 1. The van der Waals surface area contributed by atoms with Crippen molar-refractivity contribution in [3.8, 4) is 5.75 Å². The Morgan fingerprint density at radius 3 is 2.24 bits per heavy atom. The molecule has 0 aromatic heterocycles. The van der Waals surface area contributed by atoms with Gasteiger partial charge in [-0.15, -0.1) is 0 Å². The van der Waals surface area contributed by atoms with Gasteiger partial charge in [0, 0.05) is 13.1 Å². The second-order valence-corrected chi connectivity index (χ2v) is 5.15. The average molecular weight is 375 g/mol. The zero-order valence-corrected chi connectivity index (χ0v) is 11.8. The third kappa shape index (κ3) is 4.50. The van der Waals surface area contributed by atoms with Crippen LogP contribution in [0.1, 0.15) is 5.56 Å². The first-order valence-electron chi connectivity index (χ1n) is 4.75. The molecule has 0 bridgehead atoms. The molecule has 0 fully saturated rings. The number of hydrogen-bond donors (Lipinski definition) is 3. The van der Waals surface area contributed by atoms with Crippen molar-refractivity contribution < 1.29 is 19.0 Å². The molecule has 1 atom stereocenters. The van der Waals surface area contributed by atoms with Gasteiger partial charge in [0.15, 0.2) is 0 Å². The van der Waals surface area contributed by atoms with Gasteiger partial charge in [-0.1, -0.05) is 0 Å². The quantitative estimate of drug-likeness (QED) is 0.742. The number of aromatic hydroxyl groups is 1. The third-order valence-electron chi connectivity index (χ3n) is 2.05. The molecule has 0 saturated heterocycles. The van der Waals surface area contributed by atoms with E-state index in [-0.39, 0.29) is 12.3 Å². The molecule has 0 radical (unpaired) electrons. The maximum absolute atomic E-state index is 12.0. The zero-order valence-electron chi connectivity index (χ0n) is 8.63. The molecule has 7 heteroatoms. The van der Waals surface area contributed by atoms with Gasteiger partial charge in [-0.3, -0.25) is 0 Å². The predicted molar refractivity (Wildman–Crippen MR) is 67.2 cm³/mol. The number of aliphatic hydroxyl groups excluding tert-OH is 1. The number of benzene rings is 1. The fourth-order valence-electron chi connectivity index (χ4n) is 1.17. The van der Waals surface area contributed by atoms with Gasteiger partial charge in [0.1, 0.15) is 11.9 Å². The van der Waals surface area contributed by atoms with Crippen LogP contribution in [0.15, 0.2) is 21.1 Å². The normalized spacial score (nSPS) is 13.1. The van der Waals surface area contributed by atoms with Crippen LogP contribution in [-0.4, -0.2) is 29.3 Å². The zero-order chi connectivity index (χ0) is 13.0. The Morgan fingerprint density at radius 1 is 1.24 bits per heavy atom. The van der Waals surface area contributed by atoms with Crippen molar-refractivity contribution in [2.45, 2.75) is 19.1 Å². The molecule has 0 aliphatic carbocycles. The molecular formula is C10H11Br2F2NO2. The van der Waals surface area contributed by atoms with E-state index < -0.39 is 12.5 Å². The minimum atomic E-state index is -2.75. The molecule has 1 unspecified atom stereocenters. The van der Waals surface area contributed by atoms with Crippen LogP contribution in [0, 0.1) is 0 Å². The standard InChI is InChI=1S/C10H11Br2F2NO2/c11-6-1-5(2-7(12)9(6)17)3-15-4-8(16)10(13)14/h1-2,8,10,15-17H,3-4H2. The summed E-state index contributed by atoms with van der Waals surface area (Å²) in [7, 11) is 0. The molecule has 96 valence electrons. The Balaban J connectivity index is 2.53. The highest BCUT2D eigenvalue weighted by Gasteiger charge is 2.15. The molecule has 17 heavy (non-hydrogen) atoms. The highest BCUT2D eigenvalue weighted by atomic mass is 79.9. The molecule has 0 aliphatic rings. The van der Waals surface area contributed by atoms with Gasteiger partial charge in [0.05, 0.1) is 8.95 Å². The second kappa shape index (κ2) is 6.63. The summed E-state index contributed by atoms with van der Waals surface area (Å²) >= 11 is 6.33. The van der Waals surface area contributed by atoms with Gasteiger partial charge in [0.25, 0.3) is 6.43 Å². The van der Waals surface area contributed by atoms with Gasteiger partial charge in [-0.25, -0.2) is 8.78 Å². The van der Waals surface area contributed by atoms with E-state index in [2.05, 4.69) is 37.2 Å². The summed E-state index contributed by atoms with van der Waals surface area (Å²) in [5.74, 6) is 0.0846. The Bertz CT molecular complexity index is 368. The van der Waals surface area contributed by atoms with E-state index in [1.807, 2.05) is 0 Å². The molecule has 0 spiro atoms. The lowest BCUT2D eigenvalue weighted by Gasteiger charge is -2.11. The maximum Gasteiger partial charge on any atom is 0.265 e. The van der Waals surface area contributed by atoms with Gasteiger partial charge < -0.3 is 15.5 Å². The van der Waals surface area contributed by atoms with Crippen molar-refractivity contribution in [1.82, 2.24) is 5.32 Å². The Kier molecular flexibility index (Phi) is 5.78. The van der Waals surface area contributed by atoms with E-state index in [4.69, 9.17) is 5.11 Å². The number of aliphatic hydroxyl groups is 1. The molecule has 0 heterocycles. The molecule has 3 N–H and O–H groups in total. The maximum atomic E-state index is 12.0. The smallest absolute Gasteiger partial charge is 0.265 e. The average Bonchev–Trinajstić information content (AvgIpc) is 2.25. The molecule has 0 saturated carbocycles. The minimum Gasteiger partial charge on any atom is -0.506 e. The summed E-state index contributed by atoms with van der Waals surface area (Å²) in [5, 5.41) is 21.1. The molecule has 0 aliphatic heterocycles. The summed E-state index contributed by atoms with van der Waals surface area (Å²) in [5.41, 5.74) is 0.794. The molecule has 3 nitrogen and oxygen atoms in total. The van der Waals surface area contributed by atoms with Crippen LogP contribution in [0.4, 0.5) is 8.78 Å². The summed E-state index contributed by atoms with van der Waals surface area (Å²) < 4.78 is 25.0. The van der Waals surface area contributed by atoms with Gasteiger partial charge in [-0.05, 0) is 49.6 Å². The van der Waals surface area contributed by atoms with E-state index in [9.17, 15) is 13.9 Å². The Hall–Kier alpha value is -0.240. The number of hydrogen-bond acceptors (Lipinski definition) is 3. The van der Waals surface area contributed by atoms with Crippen molar-refractivity contribution in [3.05, 3.63) is 26.6 Å². The number of alkyl halides is 2. The fraction of sp³-hybridized carbons (Fsp3) is 0.400. The Morgan fingerprint density at radius 2 is 1.76 bits per heavy atom. The number of rotatable bonds is 5. The number of halogens is 4. The van der Waals surface area contributed by atoms with Gasteiger partial charge in [0.2, 0.25) is 0 Å². The van der Waals surface area contributed by atoms with Crippen molar-refractivity contribution in [1.29, 1.82) is 0 Å². The molecule has 1 aromatic rings. The lowest BCUT2D eigenvalue weighted by molar-refractivity contribution is -0.00340. The summed E-state index contributed by atoms with van der Waals surface area (Å²) in [6.07, 6.45) is -4.42. The molecule has 1 aromatic carbocycles. The Labute approximate surface area is 114 Å². The summed E-state index contributed by atoms with van der Waals surface area (Å²) in [6.45, 7) is 0.134. The van der Waals surface area contributed by atoms with E-state index >= 15 is 0 Å². The third-order valence-corrected chi connectivity index (χ3v) is 3.26. The SMILES string of the molecule is Oc1c(Br)cc(CNCC(O)C(F)F)cc1Br. The van der Waals surface area contributed by atoms with Crippen molar-refractivity contribution in [3.63, 3.8) is 0 Å². The van der Waals surface area contributed by atoms with E-state index in [1.54, 1.807) is 12.1 Å². The fourth-order valence-corrected chi connectivity index (χ4v) is 2.45. The first-order valence-corrected chi connectivity index (χ1v) is 6.34. The monoisotopic (exact) mass is 373 g/mol. The molecule has 1 rings (SSSR count). The molecule has 0 amide bonds. The van der Waals surface area contributed by atoms with Crippen molar-refractivity contribution in [2.24, 2.45) is 0 Å². The van der Waals surface area contributed by atoms with Crippen LogP contribution in [0.2, 0.25) is 0 Å². The van der Waals surface area contributed by atoms with E-state index in [0.29, 0.717) is 15.5 Å². The lowest BCUT2D eigenvalue weighted by atomic mass is 10.2. The topological polar surface area (TPSA) is 52.5 Å². The van der Waals surface area contributed by atoms with Crippen molar-refractivity contribution in [2.75, 3.05) is 6.54 Å². The molecular weight excluding hydrogens is 364 g/mol. The van der Waals surface area contributed by atoms with Crippen LogP contribution >= 0.6 is 31.9 Å². The van der Waals surface area contributed by atoms with Crippen LogP contribution in [-0.2, 0) is 6.54 Å². The largest absolute Gasteiger partial charge is 0.506 e. The highest BCUT2D eigenvalue weighted by Crippen LogP contribution is 2.33. The van der Waals surface area contributed by atoms with Crippen LogP contribution in [0.3, 0.4) is 0 Å². The van der Waals surface area contributed by atoms with Crippen LogP contribution < -0.4 is 5.32 Å². The summed E-state index contributed by atoms with van der Waals surface area (Å²) in [4.78, 5) is 0. The predicted octanol–water partition coefficient (Wildman–Crippen LogP) is 2.63. The lowest BCUT2D eigenvalue weighted by Crippen LogP contribution is -2.31. The minimum absolute atomic E-state index is 0.0846. The first-order chi connectivity index (χ1) is 7.91. The van der Waals surface area contributed by atoms with Crippen LogP contribution in [0.25, 0.3) is 0 Å². The number of nitrogens with one attached hydrogen (secondary N) is 1. The second-order valence-electron chi connectivity index (χ2n) is 3.44. The first kappa shape index (κ1) is 14.8. The van der Waals surface area contributed by atoms with Crippen molar-refractivity contribution >= 4 is 31.9 Å². The van der Waals surface area contributed by atoms with Crippen LogP contribution in [0.5, 0.6) is 5.75 Å². The van der Waals surface area contributed by atoms with Gasteiger partial charge in [-0.2, -0.15) is 0 Å². The van der Waals surface area contributed by atoms with E-state index in [0.717, 1.165) is 5.56 Å². The highest BCUT2D eigenvalue weighted by molar-refractivity contribution is 9.11. The van der Waals surface area contributed by atoms with E-state index in [1.165, 1.54) is 0 Å². The van der Waals surface area contributed by atoms with Gasteiger partial charge >= 0.3 is 0 Å². The number of phenolic OH excluding ortho intramolecular Hbond substituents is 1. The summed E-state index contributed by atoms with van der Waals surface area (Å²) in [6, 6.07) is 3.34.